The monoisotopic (exact) mass is 319 g/mol. The quantitative estimate of drug-likeness (QED) is 0.802. The van der Waals surface area contributed by atoms with Crippen molar-refractivity contribution in [2.45, 2.75) is 51.9 Å². The molecule has 1 fully saturated rings. The Kier molecular flexibility index (Phi) is 7.02. The van der Waals surface area contributed by atoms with Gasteiger partial charge in [-0.2, -0.15) is 0 Å². The lowest BCUT2D eigenvalue weighted by molar-refractivity contribution is -0.122. The highest BCUT2D eigenvalue weighted by atomic mass is 16.5. The lowest BCUT2D eigenvalue weighted by Gasteiger charge is -2.31. The Morgan fingerprint density at radius 1 is 1.48 bits per heavy atom. The molecule has 1 heterocycles. The molecule has 0 radical (unpaired) electrons. The number of rotatable bonds is 7. The molecule has 0 spiro atoms. The normalized spacial score (nSPS) is 20.2. The van der Waals surface area contributed by atoms with E-state index in [9.17, 15) is 4.79 Å². The summed E-state index contributed by atoms with van der Waals surface area (Å²) in [7, 11) is 0. The van der Waals surface area contributed by atoms with Crippen LogP contribution in [0.4, 0.5) is 0 Å². The minimum atomic E-state index is -0.405. The lowest BCUT2D eigenvalue weighted by Crippen LogP contribution is -2.40. The van der Waals surface area contributed by atoms with Crippen LogP contribution < -0.4 is 11.1 Å². The third kappa shape index (κ3) is 5.94. The summed E-state index contributed by atoms with van der Waals surface area (Å²) in [6, 6.07) is 7.97. The van der Waals surface area contributed by atoms with Crippen molar-refractivity contribution in [3.8, 4) is 0 Å². The van der Waals surface area contributed by atoms with Crippen molar-refractivity contribution in [1.82, 2.24) is 10.2 Å². The Morgan fingerprint density at radius 2 is 2.26 bits per heavy atom. The zero-order valence-electron chi connectivity index (χ0n) is 14.3. The smallest absolute Gasteiger partial charge is 0.237 e. The van der Waals surface area contributed by atoms with Gasteiger partial charge in [0.1, 0.15) is 0 Å². The molecule has 1 aliphatic heterocycles. The molecule has 0 aliphatic carbocycles. The van der Waals surface area contributed by atoms with Crippen molar-refractivity contribution in [1.29, 1.82) is 0 Å². The van der Waals surface area contributed by atoms with Gasteiger partial charge in [-0.25, -0.2) is 0 Å². The standard InChI is InChI=1S/C18H29N3O2/c1-3-5-17(19)18(22)20-11-15-6-4-7-16(10-15)13-21-8-9-23-14(2)12-21/h4,6-7,10,14,17H,3,5,8-9,11-13,19H2,1-2H3,(H,20,22). The number of nitrogens with one attached hydrogen (secondary N) is 1. The third-order valence-electron chi connectivity index (χ3n) is 4.13. The van der Waals surface area contributed by atoms with Crippen LogP contribution in [0, 0.1) is 0 Å². The number of carbonyl (C=O) groups is 1. The van der Waals surface area contributed by atoms with E-state index in [1.54, 1.807) is 0 Å². The van der Waals surface area contributed by atoms with Crippen molar-refractivity contribution in [3.05, 3.63) is 35.4 Å². The van der Waals surface area contributed by atoms with E-state index >= 15 is 0 Å². The van der Waals surface area contributed by atoms with Gasteiger partial charge in [0.15, 0.2) is 0 Å². The third-order valence-corrected chi connectivity index (χ3v) is 4.13. The second kappa shape index (κ2) is 9.01. The number of carbonyl (C=O) groups excluding carboxylic acids is 1. The van der Waals surface area contributed by atoms with Gasteiger partial charge in [-0.15, -0.1) is 0 Å². The zero-order chi connectivity index (χ0) is 16.7. The van der Waals surface area contributed by atoms with Crippen LogP contribution in [0.1, 0.15) is 37.8 Å². The van der Waals surface area contributed by atoms with Crippen LogP contribution in [0.15, 0.2) is 24.3 Å². The number of hydrogen-bond acceptors (Lipinski definition) is 4. The van der Waals surface area contributed by atoms with E-state index in [4.69, 9.17) is 10.5 Å². The maximum absolute atomic E-state index is 11.9. The molecule has 2 rings (SSSR count). The van der Waals surface area contributed by atoms with Gasteiger partial charge < -0.3 is 15.8 Å². The number of nitrogens with zero attached hydrogens (tertiary/aromatic N) is 1. The molecule has 1 amide bonds. The first-order chi connectivity index (χ1) is 11.1. The number of nitrogens with two attached hydrogens (primary N) is 1. The average molecular weight is 319 g/mol. The molecule has 0 saturated carbocycles. The molecule has 23 heavy (non-hydrogen) atoms. The van der Waals surface area contributed by atoms with Crippen LogP contribution >= 0.6 is 0 Å². The van der Waals surface area contributed by atoms with Crippen LogP contribution in [-0.2, 0) is 22.6 Å². The van der Waals surface area contributed by atoms with Crippen LogP contribution in [-0.4, -0.2) is 42.6 Å². The van der Waals surface area contributed by atoms with Crippen molar-refractivity contribution in [3.63, 3.8) is 0 Å². The highest BCUT2D eigenvalue weighted by molar-refractivity contribution is 5.81. The predicted molar refractivity (Wildman–Crippen MR) is 91.9 cm³/mol. The Morgan fingerprint density at radius 3 is 3.00 bits per heavy atom. The molecular formula is C18H29N3O2. The van der Waals surface area contributed by atoms with Gasteiger partial charge >= 0.3 is 0 Å². The molecule has 2 unspecified atom stereocenters. The summed E-state index contributed by atoms with van der Waals surface area (Å²) in [6.45, 7) is 8.32. The molecule has 128 valence electrons. The van der Waals surface area contributed by atoms with Crippen molar-refractivity contribution in [2.75, 3.05) is 19.7 Å². The summed E-state index contributed by atoms with van der Waals surface area (Å²) in [5.41, 5.74) is 8.21. The minimum absolute atomic E-state index is 0.0701. The molecule has 1 aromatic carbocycles. The SMILES string of the molecule is CCCC(N)C(=O)NCc1cccc(CN2CCOC(C)C2)c1. The van der Waals surface area contributed by atoms with Crippen molar-refractivity contribution < 1.29 is 9.53 Å². The molecule has 1 aromatic rings. The number of ether oxygens (including phenoxy) is 1. The molecule has 0 aromatic heterocycles. The van der Waals surface area contributed by atoms with Crippen LogP contribution in [0.2, 0.25) is 0 Å². The first kappa shape index (κ1) is 17.9. The van der Waals surface area contributed by atoms with Gasteiger partial charge in [0, 0.05) is 26.2 Å². The van der Waals surface area contributed by atoms with Gasteiger partial charge in [-0.3, -0.25) is 9.69 Å². The number of hydrogen-bond donors (Lipinski definition) is 2. The molecule has 1 saturated heterocycles. The fourth-order valence-electron chi connectivity index (χ4n) is 2.89. The van der Waals surface area contributed by atoms with E-state index in [1.807, 2.05) is 19.1 Å². The second-order valence-electron chi connectivity index (χ2n) is 6.35. The zero-order valence-corrected chi connectivity index (χ0v) is 14.3. The maximum atomic E-state index is 11.9. The van der Waals surface area contributed by atoms with E-state index < -0.39 is 6.04 Å². The van der Waals surface area contributed by atoms with E-state index in [1.165, 1.54) is 5.56 Å². The molecule has 3 N–H and O–H groups in total. The Bertz CT molecular complexity index is 507. The van der Waals surface area contributed by atoms with Gasteiger partial charge in [0.25, 0.3) is 0 Å². The van der Waals surface area contributed by atoms with E-state index in [0.717, 1.165) is 44.6 Å². The Hall–Kier alpha value is -1.43. The van der Waals surface area contributed by atoms with Crippen LogP contribution in [0.5, 0.6) is 0 Å². The number of morpholine rings is 1. The predicted octanol–water partition coefficient (Wildman–Crippen LogP) is 1.65. The summed E-state index contributed by atoms with van der Waals surface area (Å²) in [6.07, 6.45) is 1.94. The molecule has 5 nitrogen and oxygen atoms in total. The Balaban J connectivity index is 1.85. The topological polar surface area (TPSA) is 67.6 Å². The van der Waals surface area contributed by atoms with Gasteiger partial charge in [0.05, 0.1) is 18.8 Å². The van der Waals surface area contributed by atoms with Gasteiger partial charge in [-0.1, -0.05) is 37.6 Å². The molecule has 2 atom stereocenters. The van der Waals surface area contributed by atoms with E-state index in [0.29, 0.717) is 12.6 Å². The fraction of sp³-hybridized carbons (Fsp3) is 0.611. The van der Waals surface area contributed by atoms with E-state index in [-0.39, 0.29) is 5.91 Å². The van der Waals surface area contributed by atoms with Crippen LogP contribution in [0.25, 0.3) is 0 Å². The number of benzene rings is 1. The molecule has 1 aliphatic rings. The minimum Gasteiger partial charge on any atom is -0.376 e. The summed E-state index contributed by atoms with van der Waals surface area (Å²) in [5.74, 6) is -0.0701. The van der Waals surface area contributed by atoms with Crippen molar-refractivity contribution >= 4 is 5.91 Å². The summed E-state index contributed by atoms with van der Waals surface area (Å²) in [4.78, 5) is 14.3. The average Bonchev–Trinajstić information content (AvgIpc) is 2.53. The highest BCUT2D eigenvalue weighted by Crippen LogP contribution is 2.12. The van der Waals surface area contributed by atoms with E-state index in [2.05, 4.69) is 29.3 Å². The van der Waals surface area contributed by atoms with Crippen molar-refractivity contribution in [2.24, 2.45) is 5.73 Å². The van der Waals surface area contributed by atoms with Gasteiger partial charge in [-0.05, 0) is 24.5 Å². The second-order valence-corrected chi connectivity index (χ2v) is 6.35. The van der Waals surface area contributed by atoms with Gasteiger partial charge in [0.2, 0.25) is 5.91 Å². The first-order valence-corrected chi connectivity index (χ1v) is 8.53. The Labute approximate surface area is 139 Å². The summed E-state index contributed by atoms with van der Waals surface area (Å²) in [5, 5.41) is 2.92. The largest absolute Gasteiger partial charge is 0.376 e. The highest BCUT2D eigenvalue weighted by Gasteiger charge is 2.16. The summed E-state index contributed by atoms with van der Waals surface area (Å²) >= 11 is 0. The molecule has 5 heteroatoms. The molecule has 0 bridgehead atoms. The number of amides is 1. The molecular weight excluding hydrogens is 290 g/mol. The first-order valence-electron chi connectivity index (χ1n) is 8.53. The maximum Gasteiger partial charge on any atom is 0.237 e. The fourth-order valence-corrected chi connectivity index (χ4v) is 2.89. The summed E-state index contributed by atoms with van der Waals surface area (Å²) < 4.78 is 5.58. The van der Waals surface area contributed by atoms with Crippen LogP contribution in [0.3, 0.4) is 0 Å². The lowest BCUT2D eigenvalue weighted by atomic mass is 10.1.